The molecule has 8 rings (SSSR count). The van der Waals surface area contributed by atoms with E-state index in [9.17, 15) is 9.59 Å². The highest BCUT2D eigenvalue weighted by molar-refractivity contribution is 7.59. The average Bonchev–Trinajstić information content (AvgIpc) is 3.91. The third-order valence-corrected chi connectivity index (χ3v) is 11.9. The highest BCUT2D eigenvalue weighted by Crippen LogP contribution is 2.40. The molecule has 3 aromatic heterocycles. The van der Waals surface area contributed by atoms with Gasteiger partial charge in [-0.15, -0.1) is 21.5 Å². The number of hydrogen-bond acceptors (Lipinski definition) is 12. The summed E-state index contributed by atoms with van der Waals surface area (Å²) in [7, 11) is 0. The quantitative estimate of drug-likeness (QED) is 0.0679. The number of anilines is 3. The van der Waals surface area contributed by atoms with Crippen molar-refractivity contribution in [2.24, 2.45) is 4.99 Å². The van der Waals surface area contributed by atoms with E-state index in [0.717, 1.165) is 61.4 Å². The summed E-state index contributed by atoms with van der Waals surface area (Å²) in [6.07, 6.45) is 2.21. The normalized spacial score (nSPS) is 13.8. The Kier molecular flexibility index (Phi) is 15.3. The number of pyridine rings is 1. The molecular weight excluding hydrogens is 860 g/mol. The van der Waals surface area contributed by atoms with Crippen LogP contribution in [0.5, 0.6) is 5.75 Å². The molecule has 0 radical (unpaired) electrons. The molecule has 328 valence electrons. The maximum atomic E-state index is 13.5. The number of benzene rings is 3. The molecule has 5 heterocycles. The van der Waals surface area contributed by atoms with E-state index in [4.69, 9.17) is 35.5 Å². The number of fused-ring (bicyclic) bond motifs is 4. The molecule has 0 unspecified atom stereocenters. The fourth-order valence-corrected chi connectivity index (χ4v) is 8.67. The van der Waals surface area contributed by atoms with Crippen LogP contribution in [0, 0.1) is 20.8 Å². The van der Waals surface area contributed by atoms with E-state index in [1.165, 1.54) is 4.88 Å². The van der Waals surface area contributed by atoms with E-state index < -0.39 is 6.04 Å². The van der Waals surface area contributed by atoms with Gasteiger partial charge >= 0.3 is 0 Å². The molecule has 63 heavy (non-hydrogen) atoms. The molecule has 17 heteroatoms. The van der Waals surface area contributed by atoms with Crippen molar-refractivity contribution in [3.63, 3.8) is 0 Å². The highest BCUT2D eigenvalue weighted by Gasteiger charge is 2.32. The van der Waals surface area contributed by atoms with Crippen molar-refractivity contribution < 1.29 is 28.5 Å². The maximum Gasteiger partial charge on any atom is 0.228 e. The zero-order chi connectivity index (χ0) is 43.0. The molecule has 3 N–H and O–H groups in total. The van der Waals surface area contributed by atoms with E-state index in [-0.39, 0.29) is 31.7 Å². The maximum absolute atomic E-state index is 13.5. The third-order valence-electron chi connectivity index (χ3n) is 10.5. The summed E-state index contributed by atoms with van der Waals surface area (Å²) in [6, 6.07) is 24.2. The molecular formula is C46H49ClN8O6S2. The lowest BCUT2D eigenvalue weighted by molar-refractivity contribution is -0.117. The highest BCUT2D eigenvalue weighted by atomic mass is 35.5. The van der Waals surface area contributed by atoms with Crippen molar-refractivity contribution in [1.82, 2.24) is 19.7 Å². The number of carbonyl (C=O) groups excluding carboxylic acids is 2. The lowest BCUT2D eigenvalue weighted by atomic mass is 9.99. The van der Waals surface area contributed by atoms with Gasteiger partial charge in [-0.3, -0.25) is 19.1 Å². The van der Waals surface area contributed by atoms with Gasteiger partial charge in [0.25, 0.3) is 0 Å². The fourth-order valence-electron chi connectivity index (χ4n) is 7.33. The Bertz CT molecular complexity index is 2580. The number of ether oxygens (including phenoxy) is 4. The van der Waals surface area contributed by atoms with Gasteiger partial charge in [0.1, 0.15) is 35.0 Å². The first kappa shape index (κ1) is 45.4. The number of aliphatic imine (C=N–C) groups is 1. The Balaban J connectivity index is 0.00000595. The van der Waals surface area contributed by atoms with E-state index in [1.807, 2.05) is 78.2 Å². The lowest BCUT2D eigenvalue weighted by Gasteiger charge is -2.13. The molecule has 2 aliphatic rings. The Morgan fingerprint density at radius 2 is 1.60 bits per heavy atom. The number of nitrogens with one attached hydrogen (secondary N) is 3. The molecule has 0 saturated heterocycles. The van der Waals surface area contributed by atoms with Gasteiger partial charge in [0, 0.05) is 50.7 Å². The van der Waals surface area contributed by atoms with Crippen molar-refractivity contribution in [3.8, 4) is 21.9 Å². The Morgan fingerprint density at radius 1 is 0.889 bits per heavy atom. The topological polar surface area (TPSA) is 163 Å². The number of amides is 2. The van der Waals surface area contributed by atoms with Crippen molar-refractivity contribution in [3.05, 3.63) is 129 Å². The summed E-state index contributed by atoms with van der Waals surface area (Å²) in [5.74, 6) is 2.60. The fraction of sp³-hybridized carbons (Fsp3) is 0.304. The molecule has 2 aliphatic heterocycles. The van der Waals surface area contributed by atoms with Crippen LogP contribution in [-0.4, -0.2) is 90.1 Å². The molecule has 0 spiro atoms. The summed E-state index contributed by atoms with van der Waals surface area (Å²) in [5.41, 5.74) is 8.33. The van der Waals surface area contributed by atoms with Gasteiger partial charge < -0.3 is 34.9 Å². The molecule has 0 saturated carbocycles. The predicted molar refractivity (Wildman–Crippen MR) is 252 cm³/mol. The van der Waals surface area contributed by atoms with E-state index in [0.29, 0.717) is 81.5 Å². The predicted octanol–water partition coefficient (Wildman–Crippen LogP) is 8.04. The number of hydrogen-bond donors (Lipinski definition) is 3. The van der Waals surface area contributed by atoms with Crippen LogP contribution in [0.15, 0.2) is 90.1 Å². The van der Waals surface area contributed by atoms with Crippen LogP contribution in [0.3, 0.4) is 0 Å². The summed E-state index contributed by atoms with van der Waals surface area (Å²) in [5, 5.41) is 19.8. The molecule has 6 aromatic rings. The Hall–Kier alpha value is -5.62. The second-order valence-corrected chi connectivity index (χ2v) is 16.4. The molecule has 2 amide bonds. The second-order valence-electron chi connectivity index (χ2n) is 14.8. The minimum Gasteiger partial charge on any atom is -0.491 e. The smallest absolute Gasteiger partial charge is 0.228 e. The minimum atomic E-state index is -0.570. The number of thiophene rings is 1. The molecule has 0 bridgehead atoms. The van der Waals surface area contributed by atoms with Crippen LogP contribution in [-0.2, 0) is 30.2 Å². The van der Waals surface area contributed by atoms with Crippen LogP contribution in [0.25, 0.3) is 16.1 Å². The first-order chi connectivity index (χ1) is 30.2. The van der Waals surface area contributed by atoms with Crippen molar-refractivity contribution in [2.45, 2.75) is 39.7 Å². The van der Waals surface area contributed by atoms with Crippen molar-refractivity contribution >= 4 is 71.2 Å². The standard InChI is InChI=1S/C46H47ClN8O6S.H2S/c1-28-29(2)62-46-42(28)43(31-6-9-34(47)10-7-31)52-39(45-54-53-30(3)55(45)46)27-41(57)50-35-11-13-36(14-12-35)61-24-23-60-22-21-59-20-19-58-18-17-49-44-37(5-4-16-48-44)32-8-15-38-33(25-32)26-40(56)51-38;/h4-16,25,39H,17-24,26-27H2,1-3H3,(H,48,49)(H,50,57)(H,51,56);1H2/t39-;/m0./s1. The van der Waals surface area contributed by atoms with E-state index >= 15 is 0 Å². The van der Waals surface area contributed by atoms with Crippen LogP contribution in [0.1, 0.15) is 51.2 Å². The molecule has 14 nitrogen and oxygen atoms in total. The Labute approximate surface area is 381 Å². The SMILES string of the molecule is Cc1sc2c(c1C)C(c1ccc(Cl)cc1)=N[C@@H](CC(=O)Nc1ccc(OCCOCCOCCOCCNc3ncccc3-c3ccc4c(c3)CC(=O)N4)cc1)c1nnc(C)n1-2.S. The van der Waals surface area contributed by atoms with Gasteiger partial charge in [-0.1, -0.05) is 29.8 Å². The monoisotopic (exact) mass is 908 g/mol. The Morgan fingerprint density at radius 3 is 2.37 bits per heavy atom. The number of carbonyl (C=O) groups is 2. The largest absolute Gasteiger partial charge is 0.491 e. The molecule has 0 fully saturated rings. The zero-order valence-electron chi connectivity index (χ0n) is 35.2. The summed E-state index contributed by atoms with van der Waals surface area (Å²) in [4.78, 5) is 36.1. The van der Waals surface area contributed by atoms with Gasteiger partial charge in [0.05, 0.1) is 58.2 Å². The third kappa shape index (κ3) is 11.0. The summed E-state index contributed by atoms with van der Waals surface area (Å²) < 4.78 is 24.9. The summed E-state index contributed by atoms with van der Waals surface area (Å²) in [6.45, 7) is 9.74. The first-order valence-corrected chi connectivity index (χ1v) is 21.7. The minimum absolute atomic E-state index is 0. The molecule has 0 aliphatic carbocycles. The zero-order valence-corrected chi connectivity index (χ0v) is 37.8. The number of halogens is 1. The van der Waals surface area contributed by atoms with Crippen molar-refractivity contribution in [1.29, 1.82) is 0 Å². The first-order valence-electron chi connectivity index (χ1n) is 20.5. The van der Waals surface area contributed by atoms with Crippen LogP contribution >= 0.6 is 36.4 Å². The van der Waals surface area contributed by atoms with E-state index in [1.54, 1.807) is 29.7 Å². The average molecular weight is 910 g/mol. The van der Waals surface area contributed by atoms with Gasteiger partial charge in [-0.05, 0) is 98.1 Å². The number of nitrogens with zero attached hydrogens (tertiary/aromatic N) is 5. The van der Waals surface area contributed by atoms with Crippen LogP contribution < -0.4 is 20.7 Å². The summed E-state index contributed by atoms with van der Waals surface area (Å²) >= 11 is 7.91. The van der Waals surface area contributed by atoms with Crippen LogP contribution in [0.4, 0.5) is 17.2 Å². The number of aromatic nitrogens is 4. The number of aryl methyl sites for hydroxylation is 2. The molecule has 3 aromatic carbocycles. The van der Waals surface area contributed by atoms with Crippen molar-refractivity contribution in [2.75, 3.05) is 68.7 Å². The van der Waals surface area contributed by atoms with Gasteiger partial charge in [0.2, 0.25) is 11.8 Å². The van der Waals surface area contributed by atoms with Gasteiger partial charge in [0.15, 0.2) is 5.82 Å². The molecule has 1 atom stereocenters. The van der Waals surface area contributed by atoms with Gasteiger partial charge in [-0.25, -0.2) is 4.98 Å². The van der Waals surface area contributed by atoms with E-state index in [2.05, 4.69) is 45.0 Å². The van der Waals surface area contributed by atoms with Gasteiger partial charge in [-0.2, -0.15) is 13.5 Å². The van der Waals surface area contributed by atoms with Crippen LogP contribution in [0.2, 0.25) is 5.02 Å². The second kappa shape index (κ2) is 21.2. The number of rotatable bonds is 19. The lowest BCUT2D eigenvalue weighted by Crippen LogP contribution is -2.17.